The lowest BCUT2D eigenvalue weighted by atomic mass is 10.2. The molecule has 0 N–H and O–H groups in total. The summed E-state index contributed by atoms with van der Waals surface area (Å²) in [6.07, 6.45) is 3.01. The highest BCUT2D eigenvalue weighted by atomic mass is 19.1. The Kier molecular flexibility index (Phi) is 9.43. The Labute approximate surface area is 75.5 Å². The third-order valence-electron chi connectivity index (χ3n) is 1.06. The van der Waals surface area contributed by atoms with Gasteiger partial charge in [-0.15, -0.1) is 0 Å². The van der Waals surface area contributed by atoms with Crippen LogP contribution in [-0.4, -0.2) is 0 Å². The number of halogens is 1. The number of hydrogen-bond donors (Lipinski definition) is 0. The summed E-state index contributed by atoms with van der Waals surface area (Å²) < 4.78 is 12.6. The van der Waals surface area contributed by atoms with Gasteiger partial charge in [0.1, 0.15) is 5.83 Å². The second-order valence-electron chi connectivity index (χ2n) is 2.46. The maximum Gasteiger partial charge on any atom is 0.125 e. The van der Waals surface area contributed by atoms with E-state index in [1.165, 1.54) is 6.08 Å². The minimum Gasteiger partial charge on any atom is -0.207 e. The molecular formula is C11H19F. The fourth-order valence-electron chi connectivity index (χ4n) is 0.663. The standard InChI is InChI=1S/C9H13F.C2H6/c1-5-9(10)8(4)6-7(2)3;1-2/h5-6H,1H2,2-4H3;1-2H3/b9-8+;. The van der Waals surface area contributed by atoms with E-state index in [0.717, 1.165) is 5.57 Å². The van der Waals surface area contributed by atoms with Crippen molar-refractivity contribution in [3.63, 3.8) is 0 Å². The molecule has 0 bridgehead atoms. The van der Waals surface area contributed by atoms with E-state index in [1.807, 2.05) is 27.7 Å². The molecule has 0 spiro atoms. The number of rotatable bonds is 2. The van der Waals surface area contributed by atoms with Gasteiger partial charge in [-0.25, -0.2) is 4.39 Å². The summed E-state index contributed by atoms with van der Waals surface area (Å²) in [5.74, 6) is -0.249. The Bertz CT molecular complexity index is 181. The SMILES string of the molecule is C=C/C(F)=C(/C)C=C(C)C.CC. The molecule has 0 amide bonds. The van der Waals surface area contributed by atoms with Gasteiger partial charge in [0, 0.05) is 0 Å². The van der Waals surface area contributed by atoms with Crippen LogP contribution >= 0.6 is 0 Å². The maximum absolute atomic E-state index is 12.6. The third kappa shape index (κ3) is 7.26. The fourth-order valence-corrected chi connectivity index (χ4v) is 0.663. The molecule has 12 heavy (non-hydrogen) atoms. The van der Waals surface area contributed by atoms with E-state index in [9.17, 15) is 4.39 Å². The molecule has 0 aliphatic carbocycles. The molecular weight excluding hydrogens is 151 g/mol. The van der Waals surface area contributed by atoms with Crippen molar-refractivity contribution >= 4 is 0 Å². The zero-order valence-corrected chi connectivity index (χ0v) is 8.74. The first kappa shape index (κ1) is 13.7. The van der Waals surface area contributed by atoms with Crippen LogP contribution in [0.4, 0.5) is 4.39 Å². The molecule has 0 aromatic rings. The molecule has 0 aromatic carbocycles. The van der Waals surface area contributed by atoms with Gasteiger partial charge in [0.25, 0.3) is 0 Å². The second kappa shape index (κ2) is 8.25. The van der Waals surface area contributed by atoms with Crippen molar-refractivity contribution in [3.8, 4) is 0 Å². The average Bonchev–Trinajstić information content (AvgIpc) is 2.05. The monoisotopic (exact) mass is 170 g/mol. The summed E-state index contributed by atoms with van der Waals surface area (Å²) in [5, 5.41) is 0. The van der Waals surface area contributed by atoms with Crippen molar-refractivity contribution in [1.82, 2.24) is 0 Å². The Balaban J connectivity index is 0. The van der Waals surface area contributed by atoms with Gasteiger partial charge >= 0.3 is 0 Å². The summed E-state index contributed by atoms with van der Waals surface area (Å²) in [4.78, 5) is 0. The second-order valence-corrected chi connectivity index (χ2v) is 2.46. The first-order valence-electron chi connectivity index (χ1n) is 4.21. The van der Waals surface area contributed by atoms with Gasteiger partial charge in [-0.05, 0) is 32.4 Å². The predicted octanol–water partition coefficient (Wildman–Crippen LogP) is 4.41. The molecule has 0 aliphatic heterocycles. The normalized spacial score (nSPS) is 10.5. The molecule has 0 saturated heterocycles. The smallest absolute Gasteiger partial charge is 0.125 e. The van der Waals surface area contributed by atoms with E-state index < -0.39 is 0 Å². The predicted molar refractivity (Wildman–Crippen MR) is 54.8 cm³/mol. The topological polar surface area (TPSA) is 0 Å². The first-order valence-corrected chi connectivity index (χ1v) is 4.21. The lowest BCUT2D eigenvalue weighted by Crippen LogP contribution is -1.74. The molecule has 70 valence electrons. The molecule has 0 heterocycles. The van der Waals surface area contributed by atoms with Crippen LogP contribution < -0.4 is 0 Å². The minimum atomic E-state index is -0.249. The number of allylic oxidation sites excluding steroid dienone is 5. The Morgan fingerprint density at radius 1 is 1.17 bits per heavy atom. The average molecular weight is 170 g/mol. The summed E-state index contributed by atoms with van der Waals surface area (Å²) in [6, 6.07) is 0. The van der Waals surface area contributed by atoms with Gasteiger partial charge in [-0.1, -0.05) is 32.1 Å². The fraction of sp³-hybridized carbons (Fsp3) is 0.455. The summed E-state index contributed by atoms with van der Waals surface area (Å²) in [7, 11) is 0. The van der Waals surface area contributed by atoms with Crippen LogP contribution in [0.1, 0.15) is 34.6 Å². The Morgan fingerprint density at radius 2 is 1.58 bits per heavy atom. The highest BCUT2D eigenvalue weighted by Crippen LogP contribution is 2.09. The van der Waals surface area contributed by atoms with Crippen molar-refractivity contribution in [2.45, 2.75) is 34.6 Å². The van der Waals surface area contributed by atoms with E-state index in [-0.39, 0.29) is 5.83 Å². The van der Waals surface area contributed by atoms with Crippen molar-refractivity contribution in [2.75, 3.05) is 0 Å². The van der Waals surface area contributed by atoms with Crippen molar-refractivity contribution in [3.05, 3.63) is 35.7 Å². The van der Waals surface area contributed by atoms with Crippen LogP contribution in [0, 0.1) is 0 Å². The zero-order chi connectivity index (χ0) is 10.1. The van der Waals surface area contributed by atoms with Gasteiger partial charge < -0.3 is 0 Å². The summed E-state index contributed by atoms with van der Waals surface area (Å²) >= 11 is 0. The van der Waals surface area contributed by atoms with Crippen molar-refractivity contribution in [1.29, 1.82) is 0 Å². The van der Waals surface area contributed by atoms with E-state index in [2.05, 4.69) is 6.58 Å². The minimum absolute atomic E-state index is 0.249. The van der Waals surface area contributed by atoms with Crippen LogP contribution in [0.25, 0.3) is 0 Å². The molecule has 0 rings (SSSR count). The molecule has 0 aliphatic rings. The Hall–Kier alpha value is -0.850. The van der Waals surface area contributed by atoms with E-state index >= 15 is 0 Å². The van der Waals surface area contributed by atoms with Crippen LogP contribution in [-0.2, 0) is 0 Å². The lowest BCUT2D eigenvalue weighted by Gasteiger charge is -1.93. The summed E-state index contributed by atoms with van der Waals surface area (Å²) in [6.45, 7) is 12.9. The first-order chi connectivity index (χ1) is 5.57. The van der Waals surface area contributed by atoms with E-state index in [4.69, 9.17) is 0 Å². The van der Waals surface area contributed by atoms with Crippen LogP contribution in [0.3, 0.4) is 0 Å². The zero-order valence-electron chi connectivity index (χ0n) is 8.74. The van der Waals surface area contributed by atoms with Crippen LogP contribution in [0.5, 0.6) is 0 Å². The van der Waals surface area contributed by atoms with Gasteiger partial charge in [-0.2, -0.15) is 0 Å². The van der Waals surface area contributed by atoms with Gasteiger partial charge in [0.05, 0.1) is 0 Å². The quantitative estimate of drug-likeness (QED) is 0.538. The Morgan fingerprint density at radius 3 is 1.83 bits per heavy atom. The van der Waals surface area contributed by atoms with Gasteiger partial charge in [0.15, 0.2) is 0 Å². The third-order valence-corrected chi connectivity index (χ3v) is 1.06. The molecule has 0 aromatic heterocycles. The highest BCUT2D eigenvalue weighted by Gasteiger charge is 1.91. The van der Waals surface area contributed by atoms with E-state index in [1.54, 1.807) is 13.0 Å². The highest BCUT2D eigenvalue weighted by molar-refractivity contribution is 5.27. The molecule has 0 nitrogen and oxygen atoms in total. The number of hydrogen-bond acceptors (Lipinski definition) is 0. The lowest BCUT2D eigenvalue weighted by molar-refractivity contribution is 0.658. The molecule has 0 radical (unpaired) electrons. The van der Waals surface area contributed by atoms with Crippen molar-refractivity contribution < 1.29 is 4.39 Å². The van der Waals surface area contributed by atoms with Gasteiger partial charge in [-0.3, -0.25) is 0 Å². The largest absolute Gasteiger partial charge is 0.207 e. The van der Waals surface area contributed by atoms with Gasteiger partial charge in [0.2, 0.25) is 0 Å². The molecule has 0 unspecified atom stereocenters. The molecule has 0 fully saturated rings. The summed E-state index contributed by atoms with van der Waals surface area (Å²) in [5.41, 5.74) is 1.73. The maximum atomic E-state index is 12.6. The molecule has 0 atom stereocenters. The van der Waals surface area contributed by atoms with Crippen LogP contribution in [0.2, 0.25) is 0 Å². The van der Waals surface area contributed by atoms with Crippen molar-refractivity contribution in [2.24, 2.45) is 0 Å². The van der Waals surface area contributed by atoms with Crippen LogP contribution in [0.15, 0.2) is 35.7 Å². The molecule has 1 heteroatoms. The molecule has 0 saturated carbocycles. The van der Waals surface area contributed by atoms with E-state index in [0.29, 0.717) is 5.57 Å².